The highest BCUT2D eigenvalue weighted by Gasteiger charge is 2.15. The summed E-state index contributed by atoms with van der Waals surface area (Å²) in [4.78, 5) is 21.5. The number of anilines is 1. The molecule has 0 atom stereocenters. The van der Waals surface area contributed by atoms with Crippen LogP contribution in [0.25, 0.3) is 0 Å². The van der Waals surface area contributed by atoms with Crippen molar-refractivity contribution in [2.75, 3.05) is 18.0 Å². The molecule has 92 valence electrons. The number of carboxylic acids is 1. The average Bonchev–Trinajstić information content (AvgIpc) is 2.56. The normalized spacial score (nSPS) is 16.6. The second-order valence-corrected chi connectivity index (χ2v) is 4.40. The van der Waals surface area contributed by atoms with Crippen LogP contribution in [-0.2, 0) is 0 Å². The van der Waals surface area contributed by atoms with Crippen LogP contribution in [-0.4, -0.2) is 34.1 Å². The zero-order chi connectivity index (χ0) is 12.3. The molecule has 1 aliphatic heterocycles. The van der Waals surface area contributed by atoms with Crippen molar-refractivity contribution in [3.05, 3.63) is 17.5 Å². The van der Waals surface area contributed by atoms with Gasteiger partial charge in [-0.25, -0.2) is 14.8 Å². The smallest absolute Gasteiger partial charge is 0.354 e. The van der Waals surface area contributed by atoms with Crippen LogP contribution in [0.2, 0.25) is 0 Å². The lowest BCUT2D eigenvalue weighted by Gasteiger charge is -2.20. The largest absolute Gasteiger partial charge is 0.477 e. The first-order valence-electron chi connectivity index (χ1n) is 6.01. The molecule has 0 unspecified atom stereocenters. The highest BCUT2D eigenvalue weighted by Crippen LogP contribution is 2.16. The minimum absolute atomic E-state index is 0.0803. The van der Waals surface area contributed by atoms with E-state index in [0.717, 1.165) is 25.9 Å². The van der Waals surface area contributed by atoms with E-state index in [1.54, 1.807) is 6.92 Å². The first-order chi connectivity index (χ1) is 8.16. The number of aryl methyl sites for hydroxylation is 1. The SMILES string of the molecule is Cc1cc(C(=O)O)nc(N2CCCCCC2)n1. The lowest BCUT2D eigenvalue weighted by molar-refractivity contribution is 0.0690. The molecule has 5 nitrogen and oxygen atoms in total. The van der Waals surface area contributed by atoms with Crippen molar-refractivity contribution in [2.45, 2.75) is 32.6 Å². The van der Waals surface area contributed by atoms with E-state index in [1.807, 2.05) is 0 Å². The number of carbonyl (C=O) groups is 1. The summed E-state index contributed by atoms with van der Waals surface area (Å²) < 4.78 is 0. The molecule has 1 aliphatic rings. The molecule has 0 aliphatic carbocycles. The number of nitrogens with zero attached hydrogens (tertiary/aromatic N) is 3. The van der Waals surface area contributed by atoms with Crippen LogP contribution >= 0.6 is 0 Å². The summed E-state index contributed by atoms with van der Waals surface area (Å²) in [6, 6.07) is 1.50. The summed E-state index contributed by atoms with van der Waals surface area (Å²) in [5.74, 6) is -0.434. The lowest BCUT2D eigenvalue weighted by Crippen LogP contribution is -2.27. The molecule has 1 aromatic rings. The summed E-state index contributed by atoms with van der Waals surface area (Å²) in [6.45, 7) is 3.64. The maximum Gasteiger partial charge on any atom is 0.354 e. The van der Waals surface area contributed by atoms with Crippen LogP contribution in [0.4, 0.5) is 5.95 Å². The molecular weight excluding hydrogens is 218 g/mol. The maximum absolute atomic E-state index is 10.9. The second kappa shape index (κ2) is 5.12. The molecule has 0 saturated carbocycles. The van der Waals surface area contributed by atoms with E-state index in [2.05, 4.69) is 14.9 Å². The Morgan fingerprint density at radius 3 is 2.47 bits per heavy atom. The highest BCUT2D eigenvalue weighted by atomic mass is 16.4. The minimum Gasteiger partial charge on any atom is -0.477 e. The van der Waals surface area contributed by atoms with E-state index in [-0.39, 0.29) is 5.69 Å². The first kappa shape index (κ1) is 11.8. The van der Waals surface area contributed by atoms with Gasteiger partial charge >= 0.3 is 5.97 Å². The van der Waals surface area contributed by atoms with Crippen molar-refractivity contribution >= 4 is 11.9 Å². The molecule has 2 heterocycles. The topological polar surface area (TPSA) is 66.3 Å². The van der Waals surface area contributed by atoms with E-state index >= 15 is 0 Å². The Morgan fingerprint density at radius 2 is 1.88 bits per heavy atom. The van der Waals surface area contributed by atoms with Crippen LogP contribution in [0.3, 0.4) is 0 Å². The van der Waals surface area contributed by atoms with Crippen LogP contribution < -0.4 is 4.90 Å². The van der Waals surface area contributed by atoms with Gasteiger partial charge in [0.25, 0.3) is 0 Å². The Morgan fingerprint density at radius 1 is 1.24 bits per heavy atom. The zero-order valence-corrected chi connectivity index (χ0v) is 10.0. The molecule has 1 saturated heterocycles. The number of rotatable bonds is 2. The molecule has 0 spiro atoms. The summed E-state index contributed by atoms with van der Waals surface area (Å²) in [7, 11) is 0. The number of aromatic carboxylic acids is 1. The quantitative estimate of drug-likeness (QED) is 0.847. The number of aromatic nitrogens is 2. The van der Waals surface area contributed by atoms with Crippen molar-refractivity contribution in [3.8, 4) is 0 Å². The van der Waals surface area contributed by atoms with Gasteiger partial charge in [0.05, 0.1) is 0 Å². The fraction of sp³-hybridized carbons (Fsp3) is 0.583. The number of carboxylic acid groups (broad SMARTS) is 1. The van der Waals surface area contributed by atoms with Crippen molar-refractivity contribution in [2.24, 2.45) is 0 Å². The van der Waals surface area contributed by atoms with E-state index in [1.165, 1.54) is 18.9 Å². The third kappa shape index (κ3) is 2.93. The average molecular weight is 235 g/mol. The Hall–Kier alpha value is -1.65. The second-order valence-electron chi connectivity index (χ2n) is 4.40. The predicted molar refractivity (Wildman–Crippen MR) is 64.4 cm³/mol. The van der Waals surface area contributed by atoms with E-state index < -0.39 is 5.97 Å². The fourth-order valence-electron chi connectivity index (χ4n) is 2.07. The Balaban J connectivity index is 2.27. The van der Waals surface area contributed by atoms with Gasteiger partial charge in [-0.05, 0) is 25.8 Å². The lowest BCUT2D eigenvalue weighted by atomic mass is 10.2. The van der Waals surface area contributed by atoms with E-state index in [0.29, 0.717) is 11.6 Å². The Kier molecular flexibility index (Phi) is 3.56. The van der Waals surface area contributed by atoms with Crippen LogP contribution in [0.1, 0.15) is 41.9 Å². The van der Waals surface area contributed by atoms with Crippen LogP contribution in [0, 0.1) is 6.92 Å². The molecule has 1 fully saturated rings. The summed E-state index contributed by atoms with van der Waals surface area (Å²) >= 11 is 0. The van der Waals surface area contributed by atoms with Crippen LogP contribution in [0.5, 0.6) is 0 Å². The molecule has 17 heavy (non-hydrogen) atoms. The molecule has 0 radical (unpaired) electrons. The Labute approximate surface area is 100 Å². The minimum atomic E-state index is -0.994. The van der Waals surface area contributed by atoms with Gasteiger partial charge in [0.2, 0.25) is 5.95 Å². The van der Waals surface area contributed by atoms with Gasteiger partial charge in [0.15, 0.2) is 5.69 Å². The third-order valence-electron chi connectivity index (χ3n) is 2.95. The maximum atomic E-state index is 10.9. The van der Waals surface area contributed by atoms with Gasteiger partial charge in [0, 0.05) is 18.8 Å². The summed E-state index contributed by atoms with van der Waals surface area (Å²) in [5.41, 5.74) is 0.786. The molecule has 1 N–H and O–H groups in total. The van der Waals surface area contributed by atoms with Crippen molar-refractivity contribution < 1.29 is 9.90 Å². The molecular formula is C12H17N3O2. The molecule has 0 aromatic carbocycles. The van der Waals surface area contributed by atoms with Gasteiger partial charge in [-0.2, -0.15) is 0 Å². The number of hydrogen-bond donors (Lipinski definition) is 1. The van der Waals surface area contributed by atoms with Crippen molar-refractivity contribution in [1.82, 2.24) is 9.97 Å². The monoisotopic (exact) mass is 235 g/mol. The van der Waals surface area contributed by atoms with Crippen molar-refractivity contribution in [1.29, 1.82) is 0 Å². The predicted octanol–water partition coefficient (Wildman–Crippen LogP) is 1.86. The van der Waals surface area contributed by atoms with Crippen molar-refractivity contribution in [3.63, 3.8) is 0 Å². The number of hydrogen-bond acceptors (Lipinski definition) is 4. The molecule has 5 heteroatoms. The van der Waals surface area contributed by atoms with Crippen LogP contribution in [0.15, 0.2) is 6.07 Å². The third-order valence-corrected chi connectivity index (χ3v) is 2.95. The van der Waals surface area contributed by atoms with Gasteiger partial charge < -0.3 is 10.0 Å². The van der Waals surface area contributed by atoms with Gasteiger partial charge in [-0.15, -0.1) is 0 Å². The fourth-order valence-corrected chi connectivity index (χ4v) is 2.07. The van der Waals surface area contributed by atoms with E-state index in [9.17, 15) is 4.79 Å². The summed E-state index contributed by atoms with van der Waals surface area (Å²) in [6.07, 6.45) is 4.71. The van der Waals surface area contributed by atoms with Gasteiger partial charge in [0.1, 0.15) is 0 Å². The zero-order valence-electron chi connectivity index (χ0n) is 10.0. The summed E-state index contributed by atoms with van der Waals surface area (Å²) in [5, 5.41) is 8.98. The molecule has 1 aromatic heterocycles. The van der Waals surface area contributed by atoms with Gasteiger partial charge in [-0.3, -0.25) is 0 Å². The van der Waals surface area contributed by atoms with E-state index in [4.69, 9.17) is 5.11 Å². The first-order valence-corrected chi connectivity index (χ1v) is 6.01. The highest BCUT2D eigenvalue weighted by molar-refractivity contribution is 5.85. The molecule has 2 rings (SSSR count). The standard InChI is InChI=1S/C12H17N3O2/c1-9-8-10(11(16)17)14-12(13-9)15-6-4-2-3-5-7-15/h8H,2-7H2,1H3,(H,16,17). The molecule has 0 bridgehead atoms. The molecule has 0 amide bonds. The Bertz CT molecular complexity index is 412. The van der Waals surface area contributed by atoms with Gasteiger partial charge in [-0.1, -0.05) is 12.8 Å².